The molecule has 0 saturated carbocycles. The lowest BCUT2D eigenvalue weighted by molar-refractivity contribution is -0.131. The molecule has 1 atom stereocenters. The Hall–Kier alpha value is -4.01. The third-order valence-corrected chi connectivity index (χ3v) is 5.15. The van der Waals surface area contributed by atoms with Gasteiger partial charge in [0, 0.05) is 18.3 Å². The van der Waals surface area contributed by atoms with E-state index in [0.29, 0.717) is 17.9 Å². The fraction of sp³-hybridized carbons (Fsp3) is 0.409. The Morgan fingerprint density at radius 2 is 2.00 bits per heavy atom. The maximum atomic E-state index is 13.5. The molecule has 2 aromatic rings. The van der Waals surface area contributed by atoms with Crippen LogP contribution in [0.2, 0.25) is 0 Å². The molecule has 12 heteroatoms. The number of amides is 3. The molecule has 1 saturated heterocycles. The summed E-state index contributed by atoms with van der Waals surface area (Å²) in [5.41, 5.74) is 2.08. The number of hydrogen-bond acceptors (Lipinski definition) is 6. The highest BCUT2D eigenvalue weighted by molar-refractivity contribution is 5.97. The van der Waals surface area contributed by atoms with Gasteiger partial charge in [0.2, 0.25) is 5.91 Å². The van der Waals surface area contributed by atoms with E-state index in [4.69, 9.17) is 10.00 Å². The molecule has 1 fully saturated rings. The number of carbonyl (C=O) groups is 3. The Bertz CT molecular complexity index is 1110. The minimum atomic E-state index is -3.12. The van der Waals surface area contributed by atoms with Gasteiger partial charge in [-0.25, -0.2) is 13.6 Å². The fourth-order valence-electron chi connectivity index (χ4n) is 3.53. The number of aryl methyl sites for hydroxylation is 1. The van der Waals surface area contributed by atoms with Crippen LogP contribution in [-0.4, -0.2) is 64.2 Å². The van der Waals surface area contributed by atoms with E-state index in [-0.39, 0.29) is 12.2 Å². The molecule has 1 aromatic heterocycles. The highest BCUT2D eigenvalue weighted by atomic mass is 19.3. The van der Waals surface area contributed by atoms with Crippen molar-refractivity contribution in [3.8, 4) is 6.07 Å². The average molecular weight is 474 g/mol. The van der Waals surface area contributed by atoms with E-state index >= 15 is 0 Å². The van der Waals surface area contributed by atoms with Gasteiger partial charge in [-0.1, -0.05) is 12.1 Å². The first-order chi connectivity index (χ1) is 16.1. The molecule has 0 spiro atoms. The zero-order chi connectivity index (χ0) is 24.9. The van der Waals surface area contributed by atoms with Crippen LogP contribution in [0.5, 0.6) is 0 Å². The highest BCUT2D eigenvalue weighted by Gasteiger charge is 2.47. The molecular weight excluding hydrogens is 450 g/mol. The smallest absolute Gasteiger partial charge is 0.411 e. The van der Waals surface area contributed by atoms with E-state index in [2.05, 4.69) is 15.7 Å². The minimum absolute atomic E-state index is 0.233. The number of nitrogens with one attached hydrogen (secondary N) is 2. The SMILES string of the molecule is CCOC(=O)Nc1ccc(Cn2cc(C(=O)NCC(=O)N3CC(F)(F)C[C@H]3C#N)c(C)n2)cc1. The van der Waals surface area contributed by atoms with Crippen molar-refractivity contribution in [2.24, 2.45) is 0 Å². The molecule has 3 amide bonds. The fourth-order valence-corrected chi connectivity index (χ4v) is 3.53. The first-order valence-electron chi connectivity index (χ1n) is 10.5. The monoisotopic (exact) mass is 474 g/mol. The third kappa shape index (κ3) is 6.06. The van der Waals surface area contributed by atoms with Gasteiger partial charge in [0.1, 0.15) is 6.04 Å². The molecular formula is C22H24F2N6O4. The van der Waals surface area contributed by atoms with Crippen LogP contribution in [0.25, 0.3) is 0 Å². The topological polar surface area (TPSA) is 129 Å². The van der Waals surface area contributed by atoms with E-state index < -0.39 is 49.4 Å². The molecule has 0 bridgehead atoms. The second-order valence-electron chi connectivity index (χ2n) is 7.78. The summed E-state index contributed by atoms with van der Waals surface area (Å²) in [6, 6.07) is 7.46. The lowest BCUT2D eigenvalue weighted by Gasteiger charge is -2.19. The Labute approximate surface area is 194 Å². The minimum Gasteiger partial charge on any atom is -0.450 e. The number of halogens is 2. The Kier molecular flexibility index (Phi) is 7.45. The summed E-state index contributed by atoms with van der Waals surface area (Å²) in [6.07, 6.45) is 0.255. The van der Waals surface area contributed by atoms with E-state index in [1.165, 1.54) is 6.20 Å². The quantitative estimate of drug-likeness (QED) is 0.634. The molecule has 1 aliphatic rings. The normalized spacial score (nSPS) is 16.6. The zero-order valence-electron chi connectivity index (χ0n) is 18.7. The van der Waals surface area contributed by atoms with Crippen molar-refractivity contribution in [3.05, 3.63) is 47.3 Å². The van der Waals surface area contributed by atoms with Gasteiger partial charge in [0.25, 0.3) is 11.8 Å². The van der Waals surface area contributed by atoms with Gasteiger partial charge in [-0.2, -0.15) is 10.4 Å². The molecule has 0 unspecified atom stereocenters. The summed E-state index contributed by atoms with van der Waals surface area (Å²) in [7, 11) is 0. The number of carbonyl (C=O) groups excluding carboxylic acids is 3. The van der Waals surface area contributed by atoms with E-state index in [1.54, 1.807) is 48.9 Å². The number of likely N-dealkylation sites (tertiary alicyclic amines) is 1. The lowest BCUT2D eigenvalue weighted by atomic mass is 10.2. The Morgan fingerprint density at radius 1 is 1.29 bits per heavy atom. The van der Waals surface area contributed by atoms with Gasteiger partial charge in [0.05, 0.1) is 43.6 Å². The standard InChI is InChI=1S/C22H24F2N6O4/c1-3-34-21(33)27-16-6-4-15(5-7-16)11-29-12-18(14(2)28-29)20(32)26-10-19(31)30-13-22(23,24)8-17(30)9-25/h4-7,12,17H,3,8,10-11,13H2,1-2H3,(H,26,32)(H,27,33)/t17-/m0/s1. The van der Waals surface area contributed by atoms with Crippen LogP contribution in [0.1, 0.15) is 35.0 Å². The third-order valence-electron chi connectivity index (χ3n) is 5.15. The van der Waals surface area contributed by atoms with Crippen molar-refractivity contribution < 1.29 is 27.9 Å². The molecule has 1 aliphatic heterocycles. The highest BCUT2D eigenvalue weighted by Crippen LogP contribution is 2.31. The number of nitriles is 1. The summed E-state index contributed by atoms with van der Waals surface area (Å²) < 4.78 is 33.4. The van der Waals surface area contributed by atoms with Gasteiger partial charge in [-0.05, 0) is 31.5 Å². The van der Waals surface area contributed by atoms with Crippen LogP contribution in [-0.2, 0) is 16.1 Å². The maximum Gasteiger partial charge on any atom is 0.411 e. The second kappa shape index (κ2) is 10.3. The summed E-state index contributed by atoms with van der Waals surface area (Å²) in [6.45, 7) is 2.60. The van der Waals surface area contributed by atoms with Crippen molar-refractivity contribution in [2.45, 2.75) is 38.8 Å². The zero-order valence-corrected chi connectivity index (χ0v) is 18.7. The van der Waals surface area contributed by atoms with Crippen molar-refractivity contribution in [2.75, 3.05) is 25.0 Å². The number of alkyl halides is 2. The van der Waals surface area contributed by atoms with Gasteiger partial charge < -0.3 is 15.0 Å². The molecule has 10 nitrogen and oxygen atoms in total. The number of benzene rings is 1. The van der Waals surface area contributed by atoms with Crippen molar-refractivity contribution >= 4 is 23.6 Å². The molecule has 34 heavy (non-hydrogen) atoms. The van der Waals surface area contributed by atoms with Crippen LogP contribution in [0, 0.1) is 18.3 Å². The molecule has 1 aromatic carbocycles. The largest absolute Gasteiger partial charge is 0.450 e. The number of anilines is 1. The van der Waals surface area contributed by atoms with Gasteiger partial charge >= 0.3 is 6.09 Å². The van der Waals surface area contributed by atoms with E-state index in [0.717, 1.165) is 10.5 Å². The number of rotatable bonds is 7. The molecule has 0 aliphatic carbocycles. The number of nitrogens with zero attached hydrogens (tertiary/aromatic N) is 4. The van der Waals surface area contributed by atoms with Gasteiger partial charge in [-0.15, -0.1) is 0 Å². The van der Waals surface area contributed by atoms with Crippen molar-refractivity contribution in [1.29, 1.82) is 5.26 Å². The molecule has 2 heterocycles. The first-order valence-corrected chi connectivity index (χ1v) is 10.5. The molecule has 3 rings (SSSR count). The van der Waals surface area contributed by atoms with Crippen molar-refractivity contribution in [1.82, 2.24) is 20.0 Å². The summed E-state index contributed by atoms with van der Waals surface area (Å²) in [5.74, 6) is -4.45. The Morgan fingerprint density at radius 3 is 2.65 bits per heavy atom. The van der Waals surface area contributed by atoms with E-state index in [1.807, 2.05) is 0 Å². The second-order valence-corrected chi connectivity index (χ2v) is 7.78. The number of aromatic nitrogens is 2. The predicted octanol–water partition coefficient (Wildman–Crippen LogP) is 2.30. The average Bonchev–Trinajstić information content (AvgIpc) is 3.31. The summed E-state index contributed by atoms with van der Waals surface area (Å²) >= 11 is 0. The number of ether oxygens (including phenoxy) is 1. The van der Waals surface area contributed by atoms with Gasteiger partial charge in [0.15, 0.2) is 0 Å². The summed E-state index contributed by atoms with van der Waals surface area (Å²) in [4.78, 5) is 37.1. The van der Waals surface area contributed by atoms with E-state index in [9.17, 15) is 23.2 Å². The number of hydrogen-bond donors (Lipinski definition) is 2. The molecule has 0 radical (unpaired) electrons. The Balaban J connectivity index is 1.57. The molecule has 2 N–H and O–H groups in total. The van der Waals surface area contributed by atoms with Crippen LogP contribution >= 0.6 is 0 Å². The lowest BCUT2D eigenvalue weighted by Crippen LogP contribution is -2.43. The van der Waals surface area contributed by atoms with Crippen LogP contribution in [0.3, 0.4) is 0 Å². The predicted molar refractivity (Wildman–Crippen MR) is 116 cm³/mol. The maximum absolute atomic E-state index is 13.5. The summed E-state index contributed by atoms with van der Waals surface area (Å²) in [5, 5.41) is 18.3. The van der Waals surface area contributed by atoms with Crippen molar-refractivity contribution in [3.63, 3.8) is 0 Å². The molecule has 180 valence electrons. The van der Waals surface area contributed by atoms with Crippen LogP contribution in [0.15, 0.2) is 30.5 Å². The van der Waals surface area contributed by atoms with Crippen LogP contribution in [0.4, 0.5) is 19.3 Å². The van der Waals surface area contributed by atoms with Gasteiger partial charge in [-0.3, -0.25) is 19.6 Å². The first kappa shape index (κ1) is 24.6. The van der Waals surface area contributed by atoms with Crippen LogP contribution < -0.4 is 10.6 Å².